The third kappa shape index (κ3) is 4.34. The van der Waals surface area contributed by atoms with Crippen LogP contribution in [0.3, 0.4) is 0 Å². The molecule has 0 unspecified atom stereocenters. The van der Waals surface area contributed by atoms with Gasteiger partial charge in [-0.15, -0.1) is 0 Å². The number of nitro benzene ring substituents is 1. The standard InChI is InChI=1S/C31H29N3O4/c1-3-5-16-33(17-6-4-2)25-19-24(20-12-8-7-9-13-20)32-29-23(25)18-26(34(37)38)27-28(29)31(36)22-15-11-10-14-21(22)30(27)35/h7-15,18-19H,3-6,16-17H2,1-2H3. The lowest BCUT2D eigenvalue weighted by Gasteiger charge is -2.28. The molecule has 0 amide bonds. The molecule has 4 aromatic rings. The van der Waals surface area contributed by atoms with Crippen LogP contribution in [0.4, 0.5) is 11.4 Å². The number of carbonyl (C=O) groups is 2. The number of ketones is 2. The van der Waals surface area contributed by atoms with Gasteiger partial charge >= 0.3 is 0 Å². The van der Waals surface area contributed by atoms with Gasteiger partial charge in [0.15, 0.2) is 5.78 Å². The molecule has 192 valence electrons. The Morgan fingerprint density at radius 3 is 1.97 bits per heavy atom. The van der Waals surface area contributed by atoms with Gasteiger partial charge in [0.2, 0.25) is 5.78 Å². The molecule has 0 aliphatic heterocycles. The van der Waals surface area contributed by atoms with E-state index >= 15 is 0 Å². The zero-order valence-corrected chi connectivity index (χ0v) is 21.6. The summed E-state index contributed by atoms with van der Waals surface area (Å²) in [5, 5.41) is 12.8. The van der Waals surface area contributed by atoms with E-state index in [4.69, 9.17) is 4.98 Å². The van der Waals surface area contributed by atoms with Gasteiger partial charge < -0.3 is 4.90 Å². The molecule has 0 bridgehead atoms. The number of aromatic nitrogens is 1. The second-order valence-corrected chi connectivity index (χ2v) is 9.59. The molecule has 0 atom stereocenters. The van der Waals surface area contributed by atoms with Crippen LogP contribution in [0.25, 0.3) is 22.2 Å². The van der Waals surface area contributed by atoms with E-state index in [0.717, 1.165) is 50.0 Å². The van der Waals surface area contributed by atoms with Crippen LogP contribution in [0.1, 0.15) is 71.4 Å². The molecular formula is C31H29N3O4. The molecule has 38 heavy (non-hydrogen) atoms. The van der Waals surface area contributed by atoms with Crippen molar-refractivity contribution >= 4 is 33.8 Å². The topological polar surface area (TPSA) is 93.4 Å². The minimum absolute atomic E-state index is 0.0165. The zero-order valence-electron chi connectivity index (χ0n) is 21.6. The lowest BCUT2D eigenvalue weighted by Crippen LogP contribution is -2.27. The molecule has 1 aromatic heterocycles. The zero-order chi connectivity index (χ0) is 26.8. The van der Waals surface area contributed by atoms with Crippen LogP contribution in [0.5, 0.6) is 0 Å². The molecule has 0 fully saturated rings. The normalized spacial score (nSPS) is 12.4. The molecule has 7 nitrogen and oxygen atoms in total. The van der Waals surface area contributed by atoms with Crippen LogP contribution in [0, 0.1) is 10.1 Å². The van der Waals surface area contributed by atoms with Crippen LogP contribution in [-0.2, 0) is 0 Å². The first-order valence-electron chi connectivity index (χ1n) is 13.1. The summed E-state index contributed by atoms with van der Waals surface area (Å²) < 4.78 is 0. The predicted octanol–water partition coefficient (Wildman–Crippen LogP) is 6.99. The monoisotopic (exact) mass is 507 g/mol. The van der Waals surface area contributed by atoms with E-state index in [1.165, 1.54) is 6.07 Å². The Bertz CT molecular complexity index is 1550. The van der Waals surface area contributed by atoms with Gasteiger partial charge in [0.05, 0.1) is 21.7 Å². The Balaban J connectivity index is 1.89. The van der Waals surface area contributed by atoms with Gasteiger partial charge in [0, 0.05) is 46.9 Å². The van der Waals surface area contributed by atoms with E-state index in [0.29, 0.717) is 16.6 Å². The second kappa shape index (κ2) is 10.5. The van der Waals surface area contributed by atoms with Gasteiger partial charge in [-0.25, -0.2) is 4.98 Å². The predicted molar refractivity (Wildman–Crippen MR) is 149 cm³/mol. The molecule has 0 saturated carbocycles. The summed E-state index contributed by atoms with van der Waals surface area (Å²) in [7, 11) is 0. The summed E-state index contributed by atoms with van der Waals surface area (Å²) >= 11 is 0. The highest BCUT2D eigenvalue weighted by Crippen LogP contribution is 2.42. The molecule has 1 aliphatic rings. The third-order valence-electron chi connectivity index (χ3n) is 7.10. The maximum atomic E-state index is 13.9. The largest absolute Gasteiger partial charge is 0.371 e. The number of fused-ring (bicyclic) bond motifs is 4. The Morgan fingerprint density at radius 1 is 0.816 bits per heavy atom. The number of rotatable bonds is 9. The van der Waals surface area contributed by atoms with Crippen molar-refractivity contribution < 1.29 is 14.5 Å². The fourth-order valence-corrected chi connectivity index (χ4v) is 5.14. The molecule has 1 heterocycles. The number of nitro groups is 1. The van der Waals surface area contributed by atoms with Crippen molar-refractivity contribution in [1.82, 2.24) is 4.98 Å². The van der Waals surface area contributed by atoms with Gasteiger partial charge in [0.1, 0.15) is 5.56 Å². The Kier molecular flexibility index (Phi) is 7.01. The van der Waals surface area contributed by atoms with Gasteiger partial charge in [-0.3, -0.25) is 19.7 Å². The number of unbranched alkanes of at least 4 members (excludes halogenated alkanes) is 2. The van der Waals surface area contributed by atoms with Crippen LogP contribution in [-0.4, -0.2) is 34.6 Å². The van der Waals surface area contributed by atoms with E-state index in [1.54, 1.807) is 24.3 Å². The molecule has 0 spiro atoms. The lowest BCUT2D eigenvalue weighted by molar-refractivity contribution is -0.385. The van der Waals surface area contributed by atoms with Gasteiger partial charge in [0.25, 0.3) is 5.69 Å². The second-order valence-electron chi connectivity index (χ2n) is 9.59. The Hall–Kier alpha value is -4.39. The molecule has 5 rings (SSSR count). The molecule has 0 N–H and O–H groups in total. The quantitative estimate of drug-likeness (QED) is 0.158. The summed E-state index contributed by atoms with van der Waals surface area (Å²) in [5.41, 5.74) is 2.54. The van der Waals surface area contributed by atoms with Crippen LogP contribution in [0.2, 0.25) is 0 Å². The summed E-state index contributed by atoms with van der Waals surface area (Å²) in [4.78, 5) is 46.3. The minimum atomic E-state index is -0.561. The lowest BCUT2D eigenvalue weighted by atomic mass is 9.81. The van der Waals surface area contributed by atoms with Crippen molar-refractivity contribution in [3.63, 3.8) is 0 Å². The molecule has 0 saturated heterocycles. The van der Waals surface area contributed by atoms with Gasteiger partial charge in [-0.2, -0.15) is 0 Å². The summed E-state index contributed by atoms with van der Waals surface area (Å²) in [6, 6.07) is 19.5. The highest BCUT2D eigenvalue weighted by molar-refractivity contribution is 6.33. The van der Waals surface area contributed by atoms with E-state index in [9.17, 15) is 19.7 Å². The minimum Gasteiger partial charge on any atom is -0.371 e. The van der Waals surface area contributed by atoms with Gasteiger partial charge in [-0.1, -0.05) is 81.3 Å². The van der Waals surface area contributed by atoms with Crippen molar-refractivity contribution in [3.05, 3.63) is 99.1 Å². The van der Waals surface area contributed by atoms with Gasteiger partial charge in [-0.05, 0) is 18.9 Å². The Labute approximate surface area is 221 Å². The molecule has 0 radical (unpaired) electrons. The van der Waals surface area contributed by atoms with Crippen molar-refractivity contribution in [3.8, 4) is 11.3 Å². The maximum absolute atomic E-state index is 13.9. The van der Waals surface area contributed by atoms with E-state index in [2.05, 4.69) is 18.7 Å². The fraction of sp³-hybridized carbons (Fsp3) is 0.258. The molecule has 7 heteroatoms. The van der Waals surface area contributed by atoms with Crippen molar-refractivity contribution in [2.24, 2.45) is 0 Å². The SMILES string of the molecule is CCCCN(CCCC)c1cc(-c2ccccc2)nc2c3c(c([N+](=O)[O-])cc12)C(=O)c1ccccc1C3=O. The number of hydrogen-bond donors (Lipinski definition) is 0. The number of nitrogens with zero attached hydrogens (tertiary/aromatic N) is 3. The molecule has 1 aliphatic carbocycles. The first-order chi connectivity index (χ1) is 18.5. The highest BCUT2D eigenvalue weighted by atomic mass is 16.6. The molecular weight excluding hydrogens is 478 g/mol. The average molecular weight is 508 g/mol. The summed E-state index contributed by atoms with van der Waals surface area (Å²) in [6.45, 7) is 5.79. The van der Waals surface area contributed by atoms with Crippen LogP contribution in [0.15, 0.2) is 66.7 Å². The number of benzene rings is 3. The summed E-state index contributed by atoms with van der Waals surface area (Å²) in [6.07, 6.45) is 3.89. The highest BCUT2D eigenvalue weighted by Gasteiger charge is 2.38. The number of hydrogen-bond acceptors (Lipinski definition) is 6. The molecule has 3 aromatic carbocycles. The van der Waals surface area contributed by atoms with E-state index in [-0.39, 0.29) is 27.9 Å². The van der Waals surface area contributed by atoms with Crippen LogP contribution >= 0.6 is 0 Å². The summed E-state index contributed by atoms with van der Waals surface area (Å²) in [5.74, 6) is -0.938. The van der Waals surface area contributed by atoms with Crippen molar-refractivity contribution in [2.45, 2.75) is 39.5 Å². The maximum Gasteiger partial charge on any atom is 0.282 e. The fourth-order valence-electron chi connectivity index (χ4n) is 5.14. The van der Waals surface area contributed by atoms with Crippen LogP contribution < -0.4 is 4.90 Å². The first-order valence-corrected chi connectivity index (χ1v) is 13.1. The smallest absolute Gasteiger partial charge is 0.282 e. The third-order valence-corrected chi connectivity index (χ3v) is 7.10. The van der Waals surface area contributed by atoms with E-state index in [1.807, 2.05) is 36.4 Å². The van der Waals surface area contributed by atoms with E-state index < -0.39 is 16.5 Å². The number of pyridine rings is 1. The van der Waals surface area contributed by atoms with Crippen molar-refractivity contribution in [1.29, 1.82) is 0 Å². The van der Waals surface area contributed by atoms with Crippen molar-refractivity contribution in [2.75, 3.05) is 18.0 Å². The number of carbonyl (C=O) groups excluding carboxylic acids is 2. The number of anilines is 1. The first kappa shape index (κ1) is 25.3. The Morgan fingerprint density at radius 2 is 1.39 bits per heavy atom. The average Bonchev–Trinajstić information content (AvgIpc) is 2.95.